The number of ether oxygens (including phenoxy) is 5. The zero-order chi connectivity index (χ0) is 30.6. The number of benzene rings is 1. The summed E-state index contributed by atoms with van der Waals surface area (Å²) < 4.78 is 29.1. The van der Waals surface area contributed by atoms with Gasteiger partial charge in [-0.1, -0.05) is 26.8 Å². The Kier molecular flexibility index (Phi) is 7.37. The average molecular weight is 594 g/mol. The molecule has 1 N–H and O–H groups in total. The monoisotopic (exact) mass is 593 g/mol. The van der Waals surface area contributed by atoms with E-state index in [-0.39, 0.29) is 23.9 Å². The van der Waals surface area contributed by atoms with E-state index < -0.39 is 29.9 Å². The predicted molar refractivity (Wildman–Crippen MR) is 158 cm³/mol. The number of hydrogen-bond acceptors (Lipinski definition) is 8. The molecule has 0 radical (unpaired) electrons. The Bertz CT molecular complexity index is 1390. The molecular weight excluding hydrogens is 550 g/mol. The van der Waals surface area contributed by atoms with Crippen LogP contribution in [0.25, 0.3) is 0 Å². The average Bonchev–Trinajstić information content (AvgIpc) is 3.51. The lowest BCUT2D eigenvalue weighted by Crippen LogP contribution is -2.51. The standard InChI is InChI=1S/C33H43N3O7/c1-31(2,3)15-21-12-22-24(16-33(10-7-11-33)42-28(22)34-17-21)36-18-27(41-30(36)38)23(35-29(37)43-32(4,5)6)13-20-8-9-25-26(14-20)40-19-39-25/h8-9,12,14,17,23-24,27H,7,10-11,13,15-16,18-19H2,1-6H3,(H,35,37)/t23-,24-,27+/m0/s1. The molecule has 2 amide bonds. The number of nitrogens with zero attached hydrogens (tertiary/aromatic N) is 2. The summed E-state index contributed by atoms with van der Waals surface area (Å²) in [6.07, 6.45) is 5.26. The molecule has 1 saturated heterocycles. The van der Waals surface area contributed by atoms with Gasteiger partial charge in [0.25, 0.3) is 0 Å². The van der Waals surface area contributed by atoms with Crippen molar-refractivity contribution in [1.29, 1.82) is 0 Å². The Balaban J connectivity index is 1.27. The highest BCUT2D eigenvalue weighted by atomic mass is 16.7. The zero-order valence-corrected chi connectivity index (χ0v) is 26.0. The molecule has 0 bridgehead atoms. The summed E-state index contributed by atoms with van der Waals surface area (Å²) in [5.41, 5.74) is 2.05. The van der Waals surface area contributed by atoms with E-state index in [1.54, 1.807) is 4.90 Å². The van der Waals surface area contributed by atoms with Crippen LogP contribution in [0.15, 0.2) is 30.5 Å². The van der Waals surface area contributed by atoms with Gasteiger partial charge in [0, 0.05) is 18.2 Å². The molecule has 1 saturated carbocycles. The maximum Gasteiger partial charge on any atom is 0.410 e. The maximum absolute atomic E-state index is 13.6. The Morgan fingerprint density at radius 3 is 2.58 bits per heavy atom. The molecule has 10 nitrogen and oxygen atoms in total. The van der Waals surface area contributed by atoms with Crippen LogP contribution in [-0.2, 0) is 22.3 Å². The highest BCUT2D eigenvalue weighted by Crippen LogP contribution is 2.51. The SMILES string of the molecule is CC(C)(C)Cc1cnc2c(c1)[C@@H](N1C[C@H]([C@H](Cc3ccc4c(c3)OCO4)NC(=O)OC(C)(C)C)OC1=O)CC1(CCC1)O2. The van der Waals surface area contributed by atoms with E-state index in [9.17, 15) is 9.59 Å². The molecule has 6 rings (SSSR count). The second-order valence-electron chi connectivity index (χ2n) is 14.6. The molecule has 43 heavy (non-hydrogen) atoms. The summed E-state index contributed by atoms with van der Waals surface area (Å²) in [7, 11) is 0. The Labute approximate surface area is 253 Å². The van der Waals surface area contributed by atoms with Crippen LogP contribution in [0.5, 0.6) is 17.4 Å². The topological polar surface area (TPSA) is 108 Å². The van der Waals surface area contributed by atoms with E-state index in [4.69, 9.17) is 28.7 Å². The van der Waals surface area contributed by atoms with Gasteiger partial charge in [-0.25, -0.2) is 14.6 Å². The second kappa shape index (κ2) is 10.8. The molecular formula is C33H43N3O7. The summed E-state index contributed by atoms with van der Waals surface area (Å²) >= 11 is 0. The van der Waals surface area contributed by atoms with Crippen molar-refractivity contribution in [3.63, 3.8) is 0 Å². The van der Waals surface area contributed by atoms with Gasteiger partial charge < -0.3 is 29.0 Å². The van der Waals surface area contributed by atoms with E-state index in [0.29, 0.717) is 36.8 Å². The van der Waals surface area contributed by atoms with Crippen LogP contribution in [0.2, 0.25) is 0 Å². The van der Waals surface area contributed by atoms with Crippen molar-refractivity contribution in [3.05, 3.63) is 47.2 Å². The van der Waals surface area contributed by atoms with Crippen molar-refractivity contribution in [1.82, 2.24) is 15.2 Å². The smallest absolute Gasteiger partial charge is 0.410 e. The molecule has 1 aromatic heterocycles. The van der Waals surface area contributed by atoms with E-state index >= 15 is 0 Å². The third-order valence-corrected chi connectivity index (χ3v) is 8.46. The quantitative estimate of drug-likeness (QED) is 0.428. The van der Waals surface area contributed by atoms with Gasteiger partial charge in [-0.2, -0.15) is 0 Å². The number of aromatic nitrogens is 1. The van der Waals surface area contributed by atoms with E-state index in [1.165, 1.54) is 0 Å². The number of fused-ring (bicyclic) bond motifs is 2. The highest BCUT2D eigenvalue weighted by molar-refractivity contribution is 5.72. The maximum atomic E-state index is 13.6. The van der Waals surface area contributed by atoms with Crippen molar-refractivity contribution in [2.45, 2.75) is 109 Å². The van der Waals surface area contributed by atoms with Crippen molar-refractivity contribution >= 4 is 12.2 Å². The first-order chi connectivity index (χ1) is 20.3. The normalized spacial score (nSPS) is 22.7. The molecule has 3 aliphatic heterocycles. The second-order valence-corrected chi connectivity index (χ2v) is 14.6. The van der Waals surface area contributed by atoms with Gasteiger partial charge in [-0.3, -0.25) is 4.90 Å². The fourth-order valence-electron chi connectivity index (χ4n) is 6.44. The molecule has 10 heteroatoms. The summed E-state index contributed by atoms with van der Waals surface area (Å²) in [6, 6.07) is 7.07. The summed E-state index contributed by atoms with van der Waals surface area (Å²) in [5.74, 6) is 1.94. The Morgan fingerprint density at radius 1 is 1.12 bits per heavy atom. The first kappa shape index (κ1) is 29.4. The third-order valence-electron chi connectivity index (χ3n) is 8.46. The van der Waals surface area contributed by atoms with Crippen molar-refractivity contribution in [2.75, 3.05) is 13.3 Å². The van der Waals surface area contributed by atoms with Crippen LogP contribution in [-0.4, -0.2) is 58.8 Å². The van der Waals surface area contributed by atoms with Gasteiger partial charge in [-0.15, -0.1) is 0 Å². The van der Waals surface area contributed by atoms with Crippen LogP contribution in [0.1, 0.15) is 90.0 Å². The van der Waals surface area contributed by atoms with Gasteiger partial charge in [0.1, 0.15) is 17.3 Å². The molecule has 1 aromatic carbocycles. The number of nitrogens with one attached hydrogen (secondary N) is 1. The molecule has 2 fully saturated rings. The fourth-order valence-corrected chi connectivity index (χ4v) is 6.44. The third kappa shape index (κ3) is 6.48. The molecule has 2 aromatic rings. The van der Waals surface area contributed by atoms with Crippen molar-refractivity contribution in [3.8, 4) is 17.4 Å². The summed E-state index contributed by atoms with van der Waals surface area (Å²) in [6.45, 7) is 12.5. The summed E-state index contributed by atoms with van der Waals surface area (Å²) in [4.78, 5) is 33.1. The van der Waals surface area contributed by atoms with E-state index in [2.05, 4.69) is 32.2 Å². The number of pyridine rings is 1. The van der Waals surface area contributed by atoms with Crippen LogP contribution >= 0.6 is 0 Å². The van der Waals surface area contributed by atoms with Crippen LogP contribution in [0.3, 0.4) is 0 Å². The minimum atomic E-state index is -0.674. The number of hydrogen-bond donors (Lipinski definition) is 1. The van der Waals surface area contributed by atoms with Crippen LogP contribution < -0.4 is 19.5 Å². The Morgan fingerprint density at radius 2 is 1.88 bits per heavy atom. The predicted octanol–water partition coefficient (Wildman–Crippen LogP) is 6.10. The van der Waals surface area contributed by atoms with Crippen molar-refractivity contribution < 1.29 is 33.3 Å². The summed E-state index contributed by atoms with van der Waals surface area (Å²) in [5, 5.41) is 2.99. The molecule has 1 aliphatic carbocycles. The van der Waals surface area contributed by atoms with E-state index in [1.807, 2.05) is 45.2 Å². The van der Waals surface area contributed by atoms with Crippen LogP contribution in [0.4, 0.5) is 9.59 Å². The van der Waals surface area contributed by atoms with Gasteiger partial charge in [0.05, 0.1) is 18.6 Å². The van der Waals surface area contributed by atoms with Gasteiger partial charge in [-0.05, 0) is 87.6 Å². The molecule has 4 aliphatic rings. The molecule has 3 atom stereocenters. The van der Waals surface area contributed by atoms with Gasteiger partial charge in [0.2, 0.25) is 12.7 Å². The number of alkyl carbamates (subject to hydrolysis) is 1. The minimum Gasteiger partial charge on any atom is -0.471 e. The molecule has 232 valence electrons. The van der Waals surface area contributed by atoms with Crippen LogP contribution in [0, 0.1) is 5.41 Å². The lowest BCUT2D eigenvalue weighted by atomic mass is 9.72. The minimum absolute atomic E-state index is 0.0864. The van der Waals surface area contributed by atoms with Gasteiger partial charge in [0.15, 0.2) is 11.5 Å². The highest BCUT2D eigenvalue weighted by Gasteiger charge is 2.51. The van der Waals surface area contributed by atoms with Crippen molar-refractivity contribution in [2.24, 2.45) is 5.41 Å². The molecule has 1 spiro atoms. The molecule has 0 unspecified atom stereocenters. The lowest BCUT2D eigenvalue weighted by Gasteiger charge is -2.48. The first-order valence-corrected chi connectivity index (χ1v) is 15.3. The van der Waals surface area contributed by atoms with Gasteiger partial charge >= 0.3 is 12.2 Å². The number of amides is 2. The number of carbonyl (C=O) groups excluding carboxylic acids is 2. The van der Waals surface area contributed by atoms with E-state index in [0.717, 1.165) is 42.4 Å². The lowest BCUT2D eigenvalue weighted by molar-refractivity contribution is -0.0517. The Hall–Kier alpha value is -3.69. The first-order valence-electron chi connectivity index (χ1n) is 15.3. The zero-order valence-electron chi connectivity index (χ0n) is 26.0. The number of carbonyl (C=O) groups is 2. The molecule has 4 heterocycles. The fraction of sp³-hybridized carbons (Fsp3) is 0.606. The number of rotatable bonds is 6. The number of cyclic esters (lactones) is 1. The largest absolute Gasteiger partial charge is 0.471 e.